The number of para-hydroxylation sites is 2. The molecule has 21 heavy (non-hydrogen) atoms. The van der Waals surface area contributed by atoms with Crippen molar-refractivity contribution >= 4 is 38.7 Å². The summed E-state index contributed by atoms with van der Waals surface area (Å²) < 4.78 is 6.21. The molecule has 1 aromatic heterocycles. The molecule has 0 aliphatic heterocycles. The molecule has 0 amide bonds. The van der Waals surface area contributed by atoms with Crippen molar-refractivity contribution in [2.24, 2.45) is 4.99 Å². The number of hydrogen-bond donors (Lipinski definition) is 2. The number of halogens is 1. The SMILES string of the molecule is COc1ccccc1N=Cc1c(O)[nH]c2ccc(Br)cc12. The Morgan fingerprint density at radius 3 is 2.86 bits per heavy atom. The number of nitrogens with zero attached hydrogens (tertiary/aromatic N) is 1. The number of fused-ring (bicyclic) bond motifs is 1. The molecule has 0 bridgehead atoms. The van der Waals surface area contributed by atoms with Crippen LogP contribution < -0.4 is 4.74 Å². The number of hydrogen-bond acceptors (Lipinski definition) is 3. The molecular formula is C16H13BrN2O2. The molecule has 4 nitrogen and oxygen atoms in total. The zero-order chi connectivity index (χ0) is 14.8. The Bertz CT molecular complexity index is 824. The summed E-state index contributed by atoms with van der Waals surface area (Å²) >= 11 is 3.43. The lowest BCUT2D eigenvalue weighted by Gasteiger charge is -2.02. The van der Waals surface area contributed by atoms with Crippen LogP contribution in [0.4, 0.5) is 5.69 Å². The van der Waals surface area contributed by atoms with Gasteiger partial charge < -0.3 is 14.8 Å². The first-order valence-electron chi connectivity index (χ1n) is 6.36. The van der Waals surface area contributed by atoms with E-state index in [1.54, 1.807) is 13.3 Å². The maximum Gasteiger partial charge on any atom is 0.198 e. The lowest BCUT2D eigenvalue weighted by molar-refractivity contribution is 0.416. The molecule has 0 aliphatic rings. The summed E-state index contributed by atoms with van der Waals surface area (Å²) in [6.07, 6.45) is 1.64. The summed E-state index contributed by atoms with van der Waals surface area (Å²) in [6, 6.07) is 13.2. The highest BCUT2D eigenvalue weighted by Crippen LogP contribution is 2.30. The summed E-state index contributed by atoms with van der Waals surface area (Å²) in [5, 5.41) is 10.9. The smallest absolute Gasteiger partial charge is 0.198 e. The number of nitrogens with one attached hydrogen (secondary N) is 1. The number of aromatic nitrogens is 1. The lowest BCUT2D eigenvalue weighted by atomic mass is 10.2. The Morgan fingerprint density at radius 1 is 1.24 bits per heavy atom. The topological polar surface area (TPSA) is 57.6 Å². The van der Waals surface area contributed by atoms with Gasteiger partial charge in [-0.05, 0) is 30.3 Å². The zero-order valence-electron chi connectivity index (χ0n) is 11.3. The van der Waals surface area contributed by atoms with Gasteiger partial charge in [0.05, 0.1) is 12.7 Å². The number of aromatic amines is 1. The van der Waals surface area contributed by atoms with Crippen molar-refractivity contribution in [3.63, 3.8) is 0 Å². The second-order valence-electron chi connectivity index (χ2n) is 4.51. The van der Waals surface area contributed by atoms with Gasteiger partial charge in [0.2, 0.25) is 0 Å². The molecule has 0 saturated heterocycles. The molecule has 1 heterocycles. The van der Waals surface area contributed by atoms with E-state index in [-0.39, 0.29) is 5.88 Å². The predicted molar refractivity (Wildman–Crippen MR) is 87.9 cm³/mol. The molecule has 0 radical (unpaired) electrons. The van der Waals surface area contributed by atoms with E-state index in [1.807, 2.05) is 42.5 Å². The quantitative estimate of drug-likeness (QED) is 0.692. The van der Waals surface area contributed by atoms with Crippen LogP contribution in [0.25, 0.3) is 10.9 Å². The zero-order valence-corrected chi connectivity index (χ0v) is 12.9. The fourth-order valence-corrected chi connectivity index (χ4v) is 2.53. The average Bonchev–Trinajstić information content (AvgIpc) is 2.80. The number of rotatable bonds is 3. The van der Waals surface area contributed by atoms with Crippen LogP contribution in [0, 0.1) is 0 Å². The van der Waals surface area contributed by atoms with Gasteiger partial charge in [0, 0.05) is 21.6 Å². The van der Waals surface area contributed by atoms with Crippen molar-refractivity contribution < 1.29 is 9.84 Å². The van der Waals surface area contributed by atoms with Gasteiger partial charge in [-0.15, -0.1) is 0 Å². The molecule has 0 aliphatic carbocycles. The Labute approximate surface area is 130 Å². The summed E-state index contributed by atoms with van der Waals surface area (Å²) in [5.74, 6) is 0.788. The summed E-state index contributed by atoms with van der Waals surface area (Å²) in [5.41, 5.74) is 2.22. The maximum atomic E-state index is 10.0. The molecule has 2 aromatic carbocycles. The van der Waals surface area contributed by atoms with Crippen LogP contribution in [0.5, 0.6) is 11.6 Å². The number of benzene rings is 2. The Hall–Kier alpha value is -2.27. The molecule has 3 aromatic rings. The Morgan fingerprint density at radius 2 is 2.05 bits per heavy atom. The summed E-state index contributed by atoms with van der Waals surface area (Å²) in [7, 11) is 1.61. The summed E-state index contributed by atoms with van der Waals surface area (Å²) in [6.45, 7) is 0. The van der Waals surface area contributed by atoms with Gasteiger partial charge in [0.15, 0.2) is 5.88 Å². The van der Waals surface area contributed by atoms with Gasteiger partial charge in [0.1, 0.15) is 11.4 Å². The third-order valence-corrected chi connectivity index (χ3v) is 3.69. The van der Waals surface area contributed by atoms with E-state index >= 15 is 0 Å². The van der Waals surface area contributed by atoms with Crippen molar-refractivity contribution in [1.82, 2.24) is 4.98 Å². The first kappa shape index (κ1) is 13.7. The van der Waals surface area contributed by atoms with E-state index in [0.717, 1.165) is 15.4 Å². The van der Waals surface area contributed by atoms with Gasteiger partial charge in [-0.25, -0.2) is 0 Å². The Kier molecular flexibility index (Phi) is 3.66. The fourth-order valence-electron chi connectivity index (χ4n) is 2.17. The van der Waals surface area contributed by atoms with Crippen LogP contribution in [0.3, 0.4) is 0 Å². The van der Waals surface area contributed by atoms with Crippen LogP contribution in [0.2, 0.25) is 0 Å². The third kappa shape index (κ3) is 2.64. The summed E-state index contributed by atoms with van der Waals surface area (Å²) in [4.78, 5) is 7.35. The number of methoxy groups -OCH3 is 1. The van der Waals surface area contributed by atoms with E-state index in [0.29, 0.717) is 17.0 Å². The maximum absolute atomic E-state index is 10.0. The van der Waals surface area contributed by atoms with Gasteiger partial charge in [-0.3, -0.25) is 4.99 Å². The Balaban J connectivity index is 2.07. The normalized spacial score (nSPS) is 11.3. The molecule has 0 fully saturated rings. The van der Waals surface area contributed by atoms with Gasteiger partial charge in [-0.1, -0.05) is 28.1 Å². The van der Waals surface area contributed by atoms with E-state index < -0.39 is 0 Å². The lowest BCUT2D eigenvalue weighted by Crippen LogP contribution is -1.84. The second kappa shape index (κ2) is 5.61. The highest BCUT2D eigenvalue weighted by Gasteiger charge is 2.09. The standard InChI is InChI=1S/C16H13BrN2O2/c1-21-15-5-3-2-4-14(15)18-9-12-11-8-10(17)6-7-13(11)19-16(12)20/h2-9,19-20H,1H3. The number of aliphatic imine (C=N–C) groups is 1. The minimum Gasteiger partial charge on any atom is -0.494 e. The molecule has 3 rings (SSSR count). The minimum absolute atomic E-state index is 0.0988. The number of H-pyrrole nitrogens is 1. The van der Waals surface area contributed by atoms with Crippen molar-refractivity contribution in [1.29, 1.82) is 0 Å². The monoisotopic (exact) mass is 344 g/mol. The van der Waals surface area contributed by atoms with Crippen LogP contribution in [0.1, 0.15) is 5.56 Å². The molecular weight excluding hydrogens is 332 g/mol. The van der Waals surface area contributed by atoms with Crippen LogP contribution in [-0.2, 0) is 0 Å². The number of ether oxygens (including phenoxy) is 1. The largest absolute Gasteiger partial charge is 0.494 e. The minimum atomic E-state index is 0.0988. The molecule has 0 atom stereocenters. The van der Waals surface area contributed by atoms with Gasteiger partial charge in [0.25, 0.3) is 0 Å². The highest BCUT2D eigenvalue weighted by molar-refractivity contribution is 9.10. The van der Waals surface area contributed by atoms with Crippen LogP contribution >= 0.6 is 15.9 Å². The van der Waals surface area contributed by atoms with E-state index in [4.69, 9.17) is 4.74 Å². The van der Waals surface area contributed by atoms with E-state index in [2.05, 4.69) is 25.9 Å². The van der Waals surface area contributed by atoms with Crippen molar-refractivity contribution in [2.45, 2.75) is 0 Å². The molecule has 0 saturated carbocycles. The van der Waals surface area contributed by atoms with Crippen molar-refractivity contribution in [3.8, 4) is 11.6 Å². The fraction of sp³-hybridized carbons (Fsp3) is 0.0625. The van der Waals surface area contributed by atoms with Crippen molar-refractivity contribution in [2.75, 3.05) is 7.11 Å². The van der Waals surface area contributed by atoms with Crippen molar-refractivity contribution in [3.05, 3.63) is 52.5 Å². The average molecular weight is 345 g/mol. The number of aromatic hydroxyl groups is 1. The van der Waals surface area contributed by atoms with Crippen LogP contribution in [0.15, 0.2) is 51.9 Å². The first-order chi connectivity index (χ1) is 10.2. The molecule has 0 unspecified atom stereocenters. The molecule has 106 valence electrons. The highest BCUT2D eigenvalue weighted by atomic mass is 79.9. The first-order valence-corrected chi connectivity index (χ1v) is 7.15. The van der Waals surface area contributed by atoms with E-state index in [9.17, 15) is 5.11 Å². The second-order valence-corrected chi connectivity index (χ2v) is 5.42. The predicted octanol–water partition coefficient (Wildman–Crippen LogP) is 4.40. The molecule has 5 heteroatoms. The molecule has 2 N–H and O–H groups in total. The van der Waals surface area contributed by atoms with Gasteiger partial charge >= 0.3 is 0 Å². The third-order valence-electron chi connectivity index (χ3n) is 3.20. The molecule has 0 spiro atoms. The van der Waals surface area contributed by atoms with Gasteiger partial charge in [-0.2, -0.15) is 0 Å². The van der Waals surface area contributed by atoms with E-state index in [1.165, 1.54) is 0 Å². The van der Waals surface area contributed by atoms with Crippen LogP contribution in [-0.4, -0.2) is 23.4 Å².